The van der Waals surface area contributed by atoms with Crippen molar-refractivity contribution in [3.63, 3.8) is 0 Å². The Morgan fingerprint density at radius 3 is 2.70 bits per heavy atom. The van der Waals surface area contributed by atoms with Gasteiger partial charge in [-0.3, -0.25) is 14.9 Å². The van der Waals surface area contributed by atoms with Crippen molar-refractivity contribution in [1.29, 1.82) is 0 Å². The van der Waals surface area contributed by atoms with Gasteiger partial charge in [0.15, 0.2) is 0 Å². The molecule has 33 heavy (non-hydrogen) atoms. The number of anilines is 1. The molecule has 0 radical (unpaired) electrons. The smallest absolute Gasteiger partial charge is 0.416 e. The topological polar surface area (TPSA) is 119 Å². The highest BCUT2D eigenvalue weighted by atomic mass is 19.4. The molecule has 3 rings (SSSR count). The molecular weight excluding hydrogens is 445 g/mol. The number of nitro groups is 1. The first-order chi connectivity index (χ1) is 15.7. The summed E-state index contributed by atoms with van der Waals surface area (Å²) in [5, 5.41) is 17.6. The molecule has 0 bridgehead atoms. The van der Waals surface area contributed by atoms with Crippen LogP contribution in [0.5, 0.6) is 5.75 Å². The fraction of sp³-hybridized carbons (Fsp3) is 0.143. The fourth-order valence-corrected chi connectivity index (χ4v) is 2.76. The van der Waals surface area contributed by atoms with Crippen LogP contribution in [0.1, 0.15) is 11.3 Å². The fourth-order valence-electron chi connectivity index (χ4n) is 2.76. The summed E-state index contributed by atoms with van der Waals surface area (Å²) in [6, 6.07) is 11.7. The molecule has 0 aliphatic carbocycles. The predicted molar refractivity (Wildman–Crippen MR) is 113 cm³/mol. The summed E-state index contributed by atoms with van der Waals surface area (Å²) >= 11 is 0. The number of benzene rings is 2. The minimum absolute atomic E-state index is 0.126. The van der Waals surface area contributed by atoms with Gasteiger partial charge in [0.05, 0.1) is 42.0 Å². The summed E-state index contributed by atoms with van der Waals surface area (Å²) in [7, 11) is 1.39. The summed E-state index contributed by atoms with van der Waals surface area (Å²) in [5.41, 5.74) is 1.51. The van der Waals surface area contributed by atoms with Gasteiger partial charge in [-0.1, -0.05) is 6.07 Å². The molecule has 3 aromatic rings. The zero-order valence-electron chi connectivity index (χ0n) is 17.1. The molecule has 2 aromatic carbocycles. The van der Waals surface area contributed by atoms with Gasteiger partial charge in [0.2, 0.25) is 0 Å². The maximum absolute atomic E-state index is 12.7. The second kappa shape index (κ2) is 9.85. The second-order valence-electron chi connectivity index (χ2n) is 6.57. The van der Waals surface area contributed by atoms with E-state index < -0.39 is 22.6 Å². The van der Waals surface area contributed by atoms with Crippen molar-refractivity contribution < 1.29 is 32.0 Å². The lowest BCUT2D eigenvalue weighted by molar-refractivity contribution is -0.384. The number of hydrogen-bond donors (Lipinski definition) is 2. The number of furan rings is 1. The molecule has 1 aromatic heterocycles. The molecule has 0 aliphatic heterocycles. The molecule has 1 amide bonds. The number of rotatable bonds is 8. The third-order valence-corrected chi connectivity index (χ3v) is 4.32. The van der Waals surface area contributed by atoms with E-state index in [2.05, 4.69) is 15.8 Å². The van der Waals surface area contributed by atoms with E-state index in [1.807, 2.05) is 0 Å². The summed E-state index contributed by atoms with van der Waals surface area (Å²) < 4.78 is 48.7. The first-order valence-electron chi connectivity index (χ1n) is 9.33. The molecule has 0 atom stereocenters. The van der Waals surface area contributed by atoms with E-state index in [0.29, 0.717) is 5.75 Å². The third kappa shape index (κ3) is 6.09. The molecule has 0 saturated heterocycles. The van der Waals surface area contributed by atoms with Gasteiger partial charge in [-0.05, 0) is 42.5 Å². The average molecular weight is 462 g/mol. The van der Waals surface area contributed by atoms with Crippen molar-refractivity contribution in [2.24, 2.45) is 5.10 Å². The Labute approximate surface area is 185 Å². The Morgan fingerprint density at radius 1 is 1.21 bits per heavy atom. The molecule has 0 aliphatic rings. The second-order valence-corrected chi connectivity index (χ2v) is 6.57. The zero-order valence-corrected chi connectivity index (χ0v) is 17.1. The normalized spacial score (nSPS) is 11.4. The Hall–Kier alpha value is -4.35. The molecule has 0 unspecified atom stereocenters. The minimum Gasteiger partial charge on any atom is -0.497 e. The van der Waals surface area contributed by atoms with E-state index in [9.17, 15) is 28.1 Å². The SMILES string of the molecule is COc1ccc(-c2ccc(/C=N\NC(=O)CNc3cccc(C(F)(F)F)c3)o2)c([N+](=O)[O-])c1. The number of nitrogens with one attached hydrogen (secondary N) is 2. The number of halogens is 3. The van der Waals surface area contributed by atoms with Crippen LogP contribution >= 0.6 is 0 Å². The maximum atomic E-state index is 12.7. The quantitative estimate of drug-likeness (QED) is 0.290. The van der Waals surface area contributed by atoms with Gasteiger partial charge in [0.1, 0.15) is 17.3 Å². The van der Waals surface area contributed by atoms with Crippen molar-refractivity contribution in [3.8, 4) is 17.1 Å². The number of nitro benzene ring substituents is 1. The van der Waals surface area contributed by atoms with Gasteiger partial charge in [-0.2, -0.15) is 18.3 Å². The van der Waals surface area contributed by atoms with Crippen LogP contribution < -0.4 is 15.5 Å². The van der Waals surface area contributed by atoms with Crippen molar-refractivity contribution in [1.82, 2.24) is 5.43 Å². The first-order valence-corrected chi connectivity index (χ1v) is 9.33. The maximum Gasteiger partial charge on any atom is 0.416 e. The minimum atomic E-state index is -4.49. The largest absolute Gasteiger partial charge is 0.497 e. The Balaban J connectivity index is 1.59. The molecule has 0 spiro atoms. The highest BCUT2D eigenvalue weighted by molar-refractivity contribution is 5.83. The van der Waals surface area contributed by atoms with Crippen LogP contribution in [0.4, 0.5) is 24.5 Å². The number of carbonyl (C=O) groups is 1. The van der Waals surface area contributed by atoms with E-state index in [1.165, 1.54) is 49.7 Å². The monoisotopic (exact) mass is 462 g/mol. The number of ether oxygens (including phenoxy) is 1. The van der Waals surface area contributed by atoms with Gasteiger partial charge in [-0.15, -0.1) is 0 Å². The predicted octanol–water partition coefficient (Wildman–Crippen LogP) is 4.44. The van der Waals surface area contributed by atoms with Crippen LogP contribution in [-0.4, -0.2) is 30.7 Å². The van der Waals surface area contributed by atoms with Crippen LogP contribution in [0.2, 0.25) is 0 Å². The summed E-state index contributed by atoms with van der Waals surface area (Å²) in [6.07, 6.45) is -3.31. The lowest BCUT2D eigenvalue weighted by Crippen LogP contribution is -2.26. The molecule has 9 nitrogen and oxygen atoms in total. The number of alkyl halides is 3. The molecule has 1 heterocycles. The number of hydrazone groups is 1. The van der Waals surface area contributed by atoms with E-state index in [4.69, 9.17) is 9.15 Å². The van der Waals surface area contributed by atoms with Crippen LogP contribution in [0.3, 0.4) is 0 Å². The molecule has 2 N–H and O–H groups in total. The van der Waals surface area contributed by atoms with Crippen LogP contribution in [0, 0.1) is 10.1 Å². The van der Waals surface area contributed by atoms with Gasteiger partial charge in [0.25, 0.3) is 11.6 Å². The van der Waals surface area contributed by atoms with E-state index in [-0.39, 0.29) is 35.0 Å². The highest BCUT2D eigenvalue weighted by Gasteiger charge is 2.30. The molecule has 12 heteroatoms. The highest BCUT2D eigenvalue weighted by Crippen LogP contribution is 2.34. The lowest BCUT2D eigenvalue weighted by atomic mass is 10.1. The summed E-state index contributed by atoms with van der Waals surface area (Å²) in [5.74, 6) is 0.131. The van der Waals surface area contributed by atoms with E-state index in [1.54, 1.807) is 6.07 Å². The average Bonchev–Trinajstić information content (AvgIpc) is 3.25. The number of nitrogens with zero attached hydrogens (tertiary/aromatic N) is 2. The van der Waals surface area contributed by atoms with Crippen LogP contribution in [0.25, 0.3) is 11.3 Å². The molecule has 0 fully saturated rings. The number of methoxy groups -OCH3 is 1. The number of amides is 1. The number of hydrogen-bond acceptors (Lipinski definition) is 7. The Bertz CT molecular complexity index is 1190. The Kier molecular flexibility index (Phi) is 6.96. The standard InChI is InChI=1S/C21H17F3N4O5/c1-32-15-5-7-17(18(10-15)28(30)31)19-8-6-16(33-19)11-26-27-20(29)12-25-14-4-2-3-13(9-14)21(22,23)24/h2-11,25H,12H2,1H3,(H,27,29)/b26-11-. The molecular formula is C21H17F3N4O5. The Morgan fingerprint density at radius 2 is 2.00 bits per heavy atom. The van der Waals surface area contributed by atoms with Gasteiger partial charge < -0.3 is 14.5 Å². The first kappa shape index (κ1) is 23.3. The molecule has 0 saturated carbocycles. The summed E-state index contributed by atoms with van der Waals surface area (Å²) in [4.78, 5) is 22.6. The van der Waals surface area contributed by atoms with Gasteiger partial charge >= 0.3 is 6.18 Å². The van der Waals surface area contributed by atoms with Crippen molar-refractivity contribution in [3.05, 3.63) is 76.0 Å². The third-order valence-electron chi connectivity index (χ3n) is 4.32. The molecule has 172 valence electrons. The van der Waals surface area contributed by atoms with Crippen molar-refractivity contribution >= 4 is 23.5 Å². The van der Waals surface area contributed by atoms with E-state index >= 15 is 0 Å². The van der Waals surface area contributed by atoms with Crippen LogP contribution in [-0.2, 0) is 11.0 Å². The van der Waals surface area contributed by atoms with E-state index in [0.717, 1.165) is 12.1 Å². The van der Waals surface area contributed by atoms with Crippen molar-refractivity contribution in [2.75, 3.05) is 19.0 Å². The van der Waals surface area contributed by atoms with Gasteiger partial charge in [0, 0.05) is 5.69 Å². The zero-order chi connectivity index (χ0) is 24.0. The van der Waals surface area contributed by atoms with Gasteiger partial charge in [-0.25, -0.2) is 5.43 Å². The number of carbonyl (C=O) groups excluding carboxylic acids is 1. The van der Waals surface area contributed by atoms with Crippen LogP contribution in [0.15, 0.2) is 64.1 Å². The summed E-state index contributed by atoms with van der Waals surface area (Å²) in [6.45, 7) is -0.319. The van der Waals surface area contributed by atoms with Crippen molar-refractivity contribution in [2.45, 2.75) is 6.18 Å². The lowest BCUT2D eigenvalue weighted by Gasteiger charge is -2.09.